The molecule has 61 heavy (non-hydrogen) atoms. The van der Waals surface area contributed by atoms with Crippen molar-refractivity contribution in [1.29, 1.82) is 0 Å². The number of halogens is 8. The van der Waals surface area contributed by atoms with Crippen molar-refractivity contribution in [3.05, 3.63) is 105 Å². The number of Topliss-reactive ketones (excluding diaryl/α,β-unsaturated/α-hetero) is 1. The molecule has 2 atom stereocenters. The van der Waals surface area contributed by atoms with Gasteiger partial charge in [0.05, 0.1) is 24.7 Å². The molecule has 7 nitrogen and oxygen atoms in total. The van der Waals surface area contributed by atoms with Crippen molar-refractivity contribution in [2.75, 3.05) is 19.6 Å². The average Bonchev–Trinajstić information content (AvgIpc) is 3.19. The molecule has 2 amide bonds. The molecule has 0 heterocycles. The van der Waals surface area contributed by atoms with E-state index in [9.17, 15) is 40.7 Å². The van der Waals surface area contributed by atoms with Crippen molar-refractivity contribution < 1.29 is 49.5 Å². The quantitative estimate of drug-likeness (QED) is 0.0542. The molecule has 3 aromatic rings. The number of unbranched alkanes of at least 4 members (excludes halogenated alkanes) is 1. The van der Waals surface area contributed by atoms with Crippen LogP contribution in [0.5, 0.6) is 0 Å². The maximum atomic E-state index is 15.2. The fraction of sp³-hybridized carbons (Fsp3) is 0.543. The van der Waals surface area contributed by atoms with E-state index < -0.39 is 89.8 Å². The second-order valence-corrected chi connectivity index (χ2v) is 18.0. The summed E-state index contributed by atoms with van der Waals surface area (Å²) in [6.07, 6.45) is 3.05. The summed E-state index contributed by atoms with van der Waals surface area (Å²) in [6, 6.07) is 11.3. The van der Waals surface area contributed by atoms with Gasteiger partial charge in [0, 0.05) is 31.5 Å². The van der Waals surface area contributed by atoms with Gasteiger partial charge < -0.3 is 21.3 Å². The Balaban J connectivity index is 1.36. The Morgan fingerprint density at radius 3 is 1.93 bits per heavy atom. The molecule has 0 saturated heterocycles. The Morgan fingerprint density at radius 1 is 0.770 bits per heavy atom. The summed E-state index contributed by atoms with van der Waals surface area (Å²) in [6.45, 7) is -1.03. The fourth-order valence-electron chi connectivity index (χ4n) is 10.6. The molecule has 4 N–H and O–H groups in total. The summed E-state index contributed by atoms with van der Waals surface area (Å²) in [4.78, 5) is 45.0. The second-order valence-electron chi connectivity index (χ2n) is 18.0. The van der Waals surface area contributed by atoms with Crippen LogP contribution in [0.4, 0.5) is 35.1 Å². The third kappa shape index (κ3) is 11.4. The van der Waals surface area contributed by atoms with Gasteiger partial charge in [-0.15, -0.1) is 0 Å². The first-order valence-corrected chi connectivity index (χ1v) is 21.1. The number of carbonyl (C=O) groups excluding carboxylic acids is 3. The molecule has 0 aromatic heterocycles. The number of ketones is 1. The first-order valence-electron chi connectivity index (χ1n) is 21.1. The number of benzene rings is 3. The molecule has 332 valence electrons. The number of carbonyl (C=O) groups is 3. The Hall–Kier alpha value is -4.37. The lowest BCUT2D eigenvalue weighted by molar-refractivity contribution is -0.146. The van der Waals surface area contributed by atoms with Crippen LogP contribution in [0.25, 0.3) is 0 Å². The highest BCUT2D eigenvalue weighted by Crippen LogP contribution is 2.61. The lowest BCUT2D eigenvalue weighted by atomic mass is 9.49. The summed E-state index contributed by atoms with van der Waals surface area (Å²) in [5, 5.41) is 0. The normalized spacial score (nSPS) is 21.7. The smallest absolute Gasteiger partial charge is 0.333 e. The number of nitrogens with zero attached hydrogens (tertiary/aromatic N) is 2. The van der Waals surface area contributed by atoms with Gasteiger partial charge in [0.15, 0.2) is 23.3 Å². The van der Waals surface area contributed by atoms with E-state index in [-0.39, 0.29) is 41.7 Å². The molecule has 0 aliphatic heterocycles. The van der Waals surface area contributed by atoms with Crippen LogP contribution in [-0.2, 0) is 40.1 Å². The zero-order valence-electron chi connectivity index (χ0n) is 34.3. The van der Waals surface area contributed by atoms with Gasteiger partial charge >= 0.3 is 6.18 Å². The van der Waals surface area contributed by atoms with Gasteiger partial charge in [0.2, 0.25) is 17.6 Å². The number of nitrogens with two attached hydrogens (primary N) is 2. The molecular formula is C46H54F8N4O3. The van der Waals surface area contributed by atoms with Crippen LogP contribution >= 0.6 is 0 Å². The van der Waals surface area contributed by atoms with E-state index in [1.165, 1.54) is 17.9 Å². The first kappa shape index (κ1) is 46.1. The summed E-state index contributed by atoms with van der Waals surface area (Å²) in [5.74, 6) is -12.1. The molecule has 0 radical (unpaired) electrons. The van der Waals surface area contributed by atoms with Crippen molar-refractivity contribution in [2.45, 2.75) is 109 Å². The molecule has 15 heteroatoms. The number of hydrogen-bond acceptors (Lipinski definition) is 5. The second kappa shape index (κ2) is 19.3. The van der Waals surface area contributed by atoms with Crippen molar-refractivity contribution in [2.24, 2.45) is 40.6 Å². The van der Waals surface area contributed by atoms with E-state index in [0.717, 1.165) is 56.2 Å². The molecule has 4 saturated carbocycles. The number of aryl methyl sites for hydroxylation is 1. The summed E-state index contributed by atoms with van der Waals surface area (Å²) < 4.78 is 115. The monoisotopic (exact) mass is 862 g/mol. The van der Waals surface area contributed by atoms with Crippen LogP contribution in [0.15, 0.2) is 48.5 Å². The SMILES string of the molecule is Cc1cc(CN(Cc2c(F)c(F)c(F)c(F)c2F)C(=O)CN(C[C@@H](CC(=O)[C@@H](N)CCCCN)Cc2ccccc2)C(=O)CC23CC4CC(CC(C4)C2)C3)cc(C(F)(F)F)c1. The van der Waals surface area contributed by atoms with Crippen LogP contribution in [0, 0.1) is 65.1 Å². The van der Waals surface area contributed by atoms with Crippen LogP contribution in [-0.4, -0.2) is 53.1 Å². The van der Waals surface area contributed by atoms with Gasteiger partial charge in [-0.1, -0.05) is 48.4 Å². The predicted octanol–water partition coefficient (Wildman–Crippen LogP) is 8.95. The van der Waals surface area contributed by atoms with Crippen molar-refractivity contribution in [1.82, 2.24) is 9.80 Å². The minimum Gasteiger partial charge on any atom is -0.333 e. The lowest BCUT2D eigenvalue weighted by Crippen LogP contribution is -2.50. The number of alkyl halides is 3. The maximum Gasteiger partial charge on any atom is 0.416 e. The molecule has 4 aliphatic rings. The van der Waals surface area contributed by atoms with Gasteiger partial charge in [0.25, 0.3) is 0 Å². The first-order chi connectivity index (χ1) is 28.8. The third-order valence-corrected chi connectivity index (χ3v) is 12.9. The topological polar surface area (TPSA) is 110 Å². The number of hydrogen-bond donors (Lipinski definition) is 2. The lowest BCUT2D eigenvalue weighted by Gasteiger charge is -2.57. The molecular weight excluding hydrogens is 809 g/mol. The molecule has 4 fully saturated rings. The Bertz CT molecular complexity index is 2000. The van der Waals surface area contributed by atoms with Crippen LogP contribution in [0.3, 0.4) is 0 Å². The zero-order valence-corrected chi connectivity index (χ0v) is 34.3. The Kier molecular flexibility index (Phi) is 14.6. The summed E-state index contributed by atoms with van der Waals surface area (Å²) in [5.41, 5.74) is 10.0. The van der Waals surface area contributed by atoms with Crippen molar-refractivity contribution in [3.8, 4) is 0 Å². The van der Waals surface area contributed by atoms with E-state index >= 15 is 8.78 Å². The highest BCUT2D eigenvalue weighted by Gasteiger charge is 2.52. The zero-order chi connectivity index (χ0) is 44.2. The van der Waals surface area contributed by atoms with Crippen molar-refractivity contribution >= 4 is 17.6 Å². The average molecular weight is 863 g/mol. The minimum absolute atomic E-state index is 0.0637. The van der Waals surface area contributed by atoms with E-state index in [2.05, 4.69) is 0 Å². The standard InChI is InChI=1S/C46H54F8N4O3/c1-27-11-32(17-34(12-27)46(52,53)54)23-57(25-35-40(47)42(49)44(51)43(50)41(35)48)39(61)26-58(38(60)22-45-19-29-14-30(20-45)16-31(15-29)21-45)24-33(13-28-7-3-2-4-8-28)18-37(59)36(56)9-5-6-10-55/h2-4,7-8,11-12,17,29-31,33,36H,5-6,9-10,13-16,18-26,55-56H2,1H3/t29?,30?,31?,33-,36+,45?/m1/s1. The molecule has 4 bridgehead atoms. The molecule has 7 rings (SSSR count). The molecule has 0 spiro atoms. The van der Waals surface area contributed by atoms with Crippen molar-refractivity contribution in [3.63, 3.8) is 0 Å². The number of rotatable bonds is 19. The fourth-order valence-corrected chi connectivity index (χ4v) is 10.6. The molecule has 4 aliphatic carbocycles. The van der Waals surface area contributed by atoms with E-state index in [4.69, 9.17) is 11.5 Å². The Labute approximate surface area is 351 Å². The van der Waals surface area contributed by atoms with E-state index in [1.54, 1.807) is 0 Å². The molecule has 0 unspecified atom stereocenters. The van der Waals surface area contributed by atoms with Crippen LogP contribution in [0.2, 0.25) is 0 Å². The van der Waals surface area contributed by atoms with Crippen LogP contribution in [0.1, 0.15) is 98.4 Å². The highest BCUT2D eigenvalue weighted by molar-refractivity contribution is 5.86. The van der Waals surface area contributed by atoms with Gasteiger partial charge in [-0.3, -0.25) is 14.4 Å². The highest BCUT2D eigenvalue weighted by atomic mass is 19.4. The summed E-state index contributed by atoms with van der Waals surface area (Å²) >= 11 is 0. The van der Waals surface area contributed by atoms with Gasteiger partial charge in [-0.05, 0) is 124 Å². The number of amides is 2. The summed E-state index contributed by atoms with van der Waals surface area (Å²) in [7, 11) is 0. The largest absolute Gasteiger partial charge is 0.416 e. The van der Waals surface area contributed by atoms with Gasteiger partial charge in [-0.2, -0.15) is 13.2 Å². The van der Waals surface area contributed by atoms with Gasteiger partial charge in [-0.25, -0.2) is 22.0 Å². The van der Waals surface area contributed by atoms with E-state index in [1.807, 2.05) is 30.3 Å². The maximum absolute atomic E-state index is 15.2. The van der Waals surface area contributed by atoms with E-state index in [0.29, 0.717) is 54.9 Å². The minimum atomic E-state index is -4.81. The predicted molar refractivity (Wildman–Crippen MR) is 213 cm³/mol. The van der Waals surface area contributed by atoms with Crippen LogP contribution < -0.4 is 11.5 Å². The Morgan fingerprint density at radius 2 is 1.36 bits per heavy atom. The molecule has 3 aromatic carbocycles. The van der Waals surface area contributed by atoms with Gasteiger partial charge in [0.1, 0.15) is 5.78 Å². The third-order valence-electron chi connectivity index (χ3n) is 12.9.